The minimum Gasteiger partial charge on any atom is -0.314 e. The highest BCUT2D eigenvalue weighted by molar-refractivity contribution is 5.97. The standard InChI is InChI=1S/C31H30N4/c1-5-31-18-30(31,4)29-34(22-14-7-6-8-15-22)27-26(25-20(2)12-11-13-21(25)3)32-19-33-28(27)35(29)24-17-10-9-16-23(24)31/h6-17,19,29H,5,18H2,1-4H3. The number of para-hydroxylation sites is 2. The summed E-state index contributed by atoms with van der Waals surface area (Å²) < 4.78 is 0. The quantitative estimate of drug-likeness (QED) is 0.319. The second kappa shape index (κ2) is 6.94. The maximum Gasteiger partial charge on any atom is 0.162 e. The molecule has 4 nitrogen and oxygen atoms in total. The zero-order chi connectivity index (χ0) is 23.9. The van der Waals surface area contributed by atoms with Crippen molar-refractivity contribution in [2.75, 3.05) is 9.80 Å². The van der Waals surface area contributed by atoms with Crippen LogP contribution in [0.5, 0.6) is 0 Å². The predicted octanol–water partition coefficient (Wildman–Crippen LogP) is 7.45. The third-order valence-corrected chi connectivity index (χ3v) is 9.00. The maximum atomic E-state index is 4.97. The average molecular weight is 459 g/mol. The number of fused-ring (bicyclic) bond motifs is 8. The second-order valence-corrected chi connectivity index (χ2v) is 10.7. The van der Waals surface area contributed by atoms with Gasteiger partial charge in [0.2, 0.25) is 0 Å². The minimum atomic E-state index is 0.102. The van der Waals surface area contributed by atoms with Gasteiger partial charge < -0.3 is 9.80 Å². The van der Waals surface area contributed by atoms with Crippen LogP contribution >= 0.6 is 0 Å². The molecule has 3 atom stereocenters. The van der Waals surface area contributed by atoms with Gasteiger partial charge in [-0.05, 0) is 61.6 Å². The summed E-state index contributed by atoms with van der Waals surface area (Å²) in [6.45, 7) is 9.21. The molecule has 0 amide bonds. The van der Waals surface area contributed by atoms with Crippen LogP contribution in [0.2, 0.25) is 0 Å². The van der Waals surface area contributed by atoms with Gasteiger partial charge in [0.05, 0.1) is 0 Å². The van der Waals surface area contributed by atoms with Crippen LogP contribution < -0.4 is 9.80 Å². The Labute approximate surface area is 207 Å². The van der Waals surface area contributed by atoms with Crippen molar-refractivity contribution < 1.29 is 0 Å². The molecule has 0 spiro atoms. The molecule has 0 radical (unpaired) electrons. The summed E-state index contributed by atoms with van der Waals surface area (Å²) in [5.74, 6) is 1.01. The lowest BCUT2D eigenvalue weighted by Crippen LogP contribution is -2.50. The molecule has 1 aromatic heterocycles. The number of anilines is 4. The Balaban J connectivity index is 1.57. The summed E-state index contributed by atoms with van der Waals surface area (Å²) in [5.41, 5.74) is 10.1. The summed E-state index contributed by atoms with van der Waals surface area (Å²) in [6.07, 6.45) is 4.22. The van der Waals surface area contributed by atoms with E-state index in [9.17, 15) is 0 Å². The first kappa shape index (κ1) is 20.7. The minimum absolute atomic E-state index is 0.102. The second-order valence-electron chi connectivity index (χ2n) is 10.7. The van der Waals surface area contributed by atoms with E-state index >= 15 is 0 Å². The topological polar surface area (TPSA) is 32.3 Å². The fourth-order valence-electron chi connectivity index (χ4n) is 7.30. The Morgan fingerprint density at radius 1 is 0.857 bits per heavy atom. The van der Waals surface area contributed by atoms with Crippen molar-refractivity contribution >= 4 is 22.9 Å². The number of hydrogen-bond acceptors (Lipinski definition) is 4. The fourth-order valence-corrected chi connectivity index (χ4v) is 7.30. The van der Waals surface area contributed by atoms with Crippen molar-refractivity contribution in [1.82, 2.24) is 9.97 Å². The number of aromatic nitrogens is 2. The van der Waals surface area contributed by atoms with E-state index in [1.54, 1.807) is 6.33 Å². The van der Waals surface area contributed by atoms with Crippen molar-refractivity contribution in [2.24, 2.45) is 5.41 Å². The van der Waals surface area contributed by atoms with Gasteiger partial charge in [-0.2, -0.15) is 0 Å². The van der Waals surface area contributed by atoms with E-state index < -0.39 is 0 Å². The maximum absolute atomic E-state index is 4.97. The van der Waals surface area contributed by atoms with Gasteiger partial charge in [-0.25, -0.2) is 9.97 Å². The number of benzene rings is 3. The van der Waals surface area contributed by atoms with E-state index in [-0.39, 0.29) is 17.0 Å². The highest BCUT2D eigenvalue weighted by Gasteiger charge is 2.74. The smallest absolute Gasteiger partial charge is 0.162 e. The molecular formula is C31H30N4. The lowest BCUT2D eigenvalue weighted by molar-refractivity contribution is 0.352. The molecular weight excluding hydrogens is 428 g/mol. The molecule has 35 heavy (non-hydrogen) atoms. The molecule has 3 unspecified atom stereocenters. The number of aryl methyl sites for hydroxylation is 2. The lowest BCUT2D eigenvalue weighted by atomic mass is 9.78. The molecule has 1 fully saturated rings. The van der Waals surface area contributed by atoms with Gasteiger partial charge in [-0.15, -0.1) is 0 Å². The van der Waals surface area contributed by atoms with Gasteiger partial charge in [-0.3, -0.25) is 0 Å². The van der Waals surface area contributed by atoms with Gasteiger partial charge in [0.1, 0.15) is 23.9 Å². The summed E-state index contributed by atoms with van der Waals surface area (Å²) in [7, 11) is 0. The van der Waals surface area contributed by atoms with Crippen LogP contribution in [0.15, 0.2) is 79.1 Å². The Morgan fingerprint density at radius 2 is 1.57 bits per heavy atom. The molecule has 4 aromatic rings. The first-order valence-electron chi connectivity index (χ1n) is 12.7. The molecule has 2 aliphatic heterocycles. The zero-order valence-electron chi connectivity index (χ0n) is 20.8. The first-order valence-corrected chi connectivity index (χ1v) is 12.7. The van der Waals surface area contributed by atoms with Gasteiger partial charge >= 0.3 is 0 Å². The fraction of sp³-hybridized carbons (Fsp3) is 0.290. The van der Waals surface area contributed by atoms with Gasteiger partial charge in [0.15, 0.2) is 5.82 Å². The predicted molar refractivity (Wildman–Crippen MR) is 143 cm³/mol. The summed E-state index contributed by atoms with van der Waals surface area (Å²) in [4.78, 5) is 15.0. The van der Waals surface area contributed by atoms with E-state index in [4.69, 9.17) is 9.97 Å². The molecule has 1 aliphatic carbocycles. The molecule has 3 aliphatic rings. The highest BCUT2D eigenvalue weighted by Crippen LogP contribution is 2.76. The molecule has 0 N–H and O–H groups in total. The number of hydrogen-bond donors (Lipinski definition) is 0. The van der Waals surface area contributed by atoms with E-state index in [1.165, 1.54) is 40.0 Å². The Bertz CT molecular complexity index is 1460. The van der Waals surface area contributed by atoms with Crippen LogP contribution in [0.1, 0.15) is 43.4 Å². The first-order chi connectivity index (χ1) is 17.0. The summed E-state index contributed by atoms with van der Waals surface area (Å²) in [5, 5.41) is 0. The molecule has 0 bridgehead atoms. The van der Waals surface area contributed by atoms with Gasteiger partial charge in [-0.1, -0.05) is 68.4 Å². The summed E-state index contributed by atoms with van der Waals surface area (Å²) in [6, 6.07) is 26.3. The van der Waals surface area contributed by atoms with Gasteiger partial charge in [0, 0.05) is 27.8 Å². The molecule has 3 heterocycles. The van der Waals surface area contributed by atoms with E-state index in [1.807, 2.05) is 0 Å². The third kappa shape index (κ3) is 2.47. The van der Waals surface area contributed by atoms with Gasteiger partial charge in [0.25, 0.3) is 0 Å². The summed E-state index contributed by atoms with van der Waals surface area (Å²) >= 11 is 0. The normalized spacial score (nSPS) is 25.5. The number of nitrogens with zero attached hydrogens (tertiary/aromatic N) is 4. The van der Waals surface area contributed by atoms with E-state index in [2.05, 4.69) is 110 Å². The van der Waals surface area contributed by atoms with Crippen molar-refractivity contribution in [1.29, 1.82) is 0 Å². The van der Waals surface area contributed by atoms with Crippen LogP contribution in [0, 0.1) is 19.3 Å². The molecule has 0 saturated heterocycles. The van der Waals surface area contributed by atoms with E-state index in [0.29, 0.717) is 0 Å². The Kier molecular flexibility index (Phi) is 4.10. The van der Waals surface area contributed by atoms with Crippen LogP contribution in [0.3, 0.4) is 0 Å². The van der Waals surface area contributed by atoms with Crippen molar-refractivity contribution in [3.8, 4) is 11.3 Å². The average Bonchev–Trinajstić information content (AvgIpc) is 3.37. The molecule has 1 saturated carbocycles. The van der Waals surface area contributed by atoms with Crippen LogP contribution in [0.4, 0.5) is 22.9 Å². The van der Waals surface area contributed by atoms with Crippen LogP contribution in [0.25, 0.3) is 11.3 Å². The van der Waals surface area contributed by atoms with Crippen molar-refractivity contribution in [2.45, 2.75) is 52.1 Å². The lowest BCUT2D eigenvalue weighted by Gasteiger charge is -2.45. The largest absolute Gasteiger partial charge is 0.314 e. The molecule has 174 valence electrons. The van der Waals surface area contributed by atoms with Crippen molar-refractivity contribution in [3.05, 3.63) is 95.8 Å². The Morgan fingerprint density at radius 3 is 2.31 bits per heavy atom. The van der Waals surface area contributed by atoms with E-state index in [0.717, 1.165) is 23.6 Å². The Hall–Kier alpha value is -3.66. The number of rotatable bonds is 3. The van der Waals surface area contributed by atoms with Crippen LogP contribution in [-0.2, 0) is 5.41 Å². The zero-order valence-corrected chi connectivity index (χ0v) is 20.8. The van der Waals surface area contributed by atoms with Crippen molar-refractivity contribution in [3.63, 3.8) is 0 Å². The SMILES string of the molecule is CCC12CC1(C)C1N(c3ccccc32)c2ncnc(-c3c(C)cccc3C)c2N1c1ccccc1. The van der Waals surface area contributed by atoms with Crippen LogP contribution in [-0.4, -0.2) is 16.1 Å². The highest BCUT2D eigenvalue weighted by atomic mass is 15.5. The molecule has 7 rings (SSSR count). The third-order valence-electron chi connectivity index (χ3n) is 9.00. The monoisotopic (exact) mass is 458 g/mol. The molecule has 4 heteroatoms. The molecule has 3 aromatic carbocycles.